The second kappa shape index (κ2) is 9.42. The van der Waals surface area contributed by atoms with Crippen molar-refractivity contribution in [2.45, 2.75) is 25.4 Å². The number of guanidine groups is 1. The van der Waals surface area contributed by atoms with Crippen LogP contribution in [-0.4, -0.2) is 61.8 Å². The molecule has 1 aromatic rings. The zero-order chi connectivity index (χ0) is 15.6. The number of ether oxygens (including phenoxy) is 2. The number of hydrogen-bond acceptors (Lipinski definition) is 4. The molecule has 0 aliphatic carbocycles. The number of aliphatic imine (C=N–C) groups is 1. The number of hydrogen-bond donors (Lipinski definition) is 2. The van der Waals surface area contributed by atoms with Crippen LogP contribution >= 0.6 is 0 Å². The van der Waals surface area contributed by atoms with Crippen molar-refractivity contribution in [3.8, 4) is 0 Å². The first kappa shape index (κ1) is 16.8. The minimum atomic E-state index is 0.289. The summed E-state index contributed by atoms with van der Waals surface area (Å²) in [6, 6.07) is 0. The van der Waals surface area contributed by atoms with Gasteiger partial charge in [-0.15, -0.1) is 0 Å². The van der Waals surface area contributed by atoms with Crippen LogP contribution < -0.4 is 10.6 Å². The van der Waals surface area contributed by atoms with Crippen LogP contribution in [0.3, 0.4) is 0 Å². The van der Waals surface area contributed by atoms with Gasteiger partial charge in [0.05, 0.1) is 18.9 Å². The molecule has 2 heterocycles. The topological polar surface area (TPSA) is 72.7 Å². The Labute approximate surface area is 132 Å². The summed E-state index contributed by atoms with van der Waals surface area (Å²) in [5, 5.41) is 10.8. The normalized spacial score (nSPS) is 18.6. The summed E-state index contributed by atoms with van der Waals surface area (Å²) in [6.45, 7) is 4.01. The van der Waals surface area contributed by atoms with Crippen molar-refractivity contribution in [1.82, 2.24) is 20.4 Å². The second-order valence-electron chi connectivity index (χ2n) is 5.41. The predicted octanol–water partition coefficient (Wildman–Crippen LogP) is 0.323. The van der Waals surface area contributed by atoms with E-state index in [9.17, 15) is 0 Å². The van der Waals surface area contributed by atoms with Crippen LogP contribution in [0.25, 0.3) is 0 Å². The van der Waals surface area contributed by atoms with E-state index in [0.29, 0.717) is 0 Å². The van der Waals surface area contributed by atoms with Crippen LogP contribution in [0.2, 0.25) is 0 Å². The molecule has 1 fully saturated rings. The van der Waals surface area contributed by atoms with Crippen LogP contribution in [0.15, 0.2) is 17.4 Å². The number of nitrogens with one attached hydrogen (secondary N) is 2. The molecule has 1 saturated heterocycles. The number of nitrogens with zero attached hydrogens (tertiary/aromatic N) is 3. The first-order chi connectivity index (χ1) is 10.8. The van der Waals surface area contributed by atoms with Crippen LogP contribution in [-0.2, 0) is 22.9 Å². The lowest BCUT2D eigenvalue weighted by Gasteiger charge is -2.13. The van der Waals surface area contributed by atoms with E-state index in [1.807, 2.05) is 24.1 Å². The highest BCUT2D eigenvalue weighted by molar-refractivity contribution is 5.79. The monoisotopic (exact) mass is 309 g/mol. The fourth-order valence-electron chi connectivity index (χ4n) is 2.32. The van der Waals surface area contributed by atoms with E-state index in [-0.39, 0.29) is 6.10 Å². The van der Waals surface area contributed by atoms with Crippen molar-refractivity contribution in [2.24, 2.45) is 12.0 Å². The lowest BCUT2D eigenvalue weighted by atomic mass is 10.2. The maximum Gasteiger partial charge on any atom is 0.190 e. The summed E-state index contributed by atoms with van der Waals surface area (Å²) in [5.41, 5.74) is 1.22. The Morgan fingerprint density at radius 1 is 1.50 bits per heavy atom. The molecule has 1 aromatic heterocycles. The largest absolute Gasteiger partial charge is 0.379 e. The lowest BCUT2D eigenvalue weighted by molar-refractivity contribution is 0.0420. The molecule has 0 spiro atoms. The molecular formula is C15H27N5O2. The molecule has 2 N–H and O–H groups in total. The smallest absolute Gasteiger partial charge is 0.190 e. The molecule has 0 radical (unpaired) electrons. The van der Waals surface area contributed by atoms with Gasteiger partial charge in [0, 0.05) is 46.6 Å². The molecule has 0 amide bonds. The van der Waals surface area contributed by atoms with Crippen LogP contribution in [0.4, 0.5) is 0 Å². The van der Waals surface area contributed by atoms with Gasteiger partial charge >= 0.3 is 0 Å². The maximum atomic E-state index is 5.73. The molecule has 1 unspecified atom stereocenters. The maximum absolute atomic E-state index is 5.73. The fourth-order valence-corrected chi connectivity index (χ4v) is 2.32. The number of aromatic nitrogens is 2. The Morgan fingerprint density at radius 2 is 2.36 bits per heavy atom. The summed E-state index contributed by atoms with van der Waals surface area (Å²) < 4.78 is 12.8. The van der Waals surface area contributed by atoms with Gasteiger partial charge in [-0.2, -0.15) is 5.10 Å². The van der Waals surface area contributed by atoms with Crippen molar-refractivity contribution in [3.63, 3.8) is 0 Å². The minimum absolute atomic E-state index is 0.289. The number of aryl methyl sites for hydroxylation is 1. The van der Waals surface area contributed by atoms with E-state index in [4.69, 9.17) is 9.47 Å². The van der Waals surface area contributed by atoms with Gasteiger partial charge in [-0.25, -0.2) is 0 Å². The van der Waals surface area contributed by atoms with Gasteiger partial charge in [0.1, 0.15) is 0 Å². The Bertz CT molecular complexity index is 455. The zero-order valence-electron chi connectivity index (χ0n) is 13.5. The average molecular weight is 309 g/mol. The average Bonchev–Trinajstić information content (AvgIpc) is 3.17. The summed E-state index contributed by atoms with van der Waals surface area (Å²) >= 11 is 0. The van der Waals surface area contributed by atoms with Gasteiger partial charge in [-0.3, -0.25) is 9.67 Å². The molecule has 0 aromatic carbocycles. The quantitative estimate of drug-likeness (QED) is 0.411. The Hall–Kier alpha value is -1.60. The molecule has 7 nitrogen and oxygen atoms in total. The lowest BCUT2D eigenvalue weighted by Crippen LogP contribution is -2.39. The van der Waals surface area contributed by atoms with Gasteiger partial charge in [0.2, 0.25) is 0 Å². The molecule has 0 saturated carbocycles. The van der Waals surface area contributed by atoms with Gasteiger partial charge in [0.15, 0.2) is 5.96 Å². The van der Waals surface area contributed by atoms with Gasteiger partial charge in [0.25, 0.3) is 0 Å². The van der Waals surface area contributed by atoms with E-state index in [1.165, 1.54) is 5.56 Å². The standard InChI is InChI=1S/C15H27N5O2/c1-16-15(18-7-4-13-10-19-20(2)11-13)17-6-3-8-22-14-5-9-21-12-14/h10-11,14H,3-9,12H2,1-2H3,(H2,16,17,18). The molecule has 0 bridgehead atoms. The third kappa shape index (κ3) is 6.03. The van der Waals surface area contributed by atoms with Gasteiger partial charge < -0.3 is 20.1 Å². The molecule has 1 atom stereocenters. The van der Waals surface area contributed by atoms with Crippen LogP contribution in [0, 0.1) is 0 Å². The van der Waals surface area contributed by atoms with E-state index in [0.717, 1.165) is 58.1 Å². The van der Waals surface area contributed by atoms with Crippen LogP contribution in [0.1, 0.15) is 18.4 Å². The molecule has 22 heavy (non-hydrogen) atoms. The van der Waals surface area contributed by atoms with Crippen molar-refractivity contribution < 1.29 is 9.47 Å². The highest BCUT2D eigenvalue weighted by Gasteiger charge is 2.15. The number of rotatable bonds is 8. The molecule has 124 valence electrons. The third-order valence-corrected chi connectivity index (χ3v) is 3.54. The van der Waals surface area contributed by atoms with Crippen LogP contribution in [0.5, 0.6) is 0 Å². The predicted molar refractivity (Wildman–Crippen MR) is 86.1 cm³/mol. The van der Waals surface area contributed by atoms with E-state index < -0.39 is 0 Å². The summed E-state index contributed by atoms with van der Waals surface area (Å²) in [5.74, 6) is 0.827. The Balaban J connectivity index is 1.51. The summed E-state index contributed by atoms with van der Waals surface area (Å²) in [6.07, 6.45) is 7.12. The van der Waals surface area contributed by atoms with E-state index in [1.54, 1.807) is 7.05 Å². The van der Waals surface area contributed by atoms with Crippen molar-refractivity contribution in [3.05, 3.63) is 18.0 Å². The summed E-state index contributed by atoms with van der Waals surface area (Å²) in [4.78, 5) is 4.21. The van der Waals surface area contributed by atoms with Crippen molar-refractivity contribution >= 4 is 5.96 Å². The summed E-state index contributed by atoms with van der Waals surface area (Å²) in [7, 11) is 3.71. The van der Waals surface area contributed by atoms with E-state index in [2.05, 4.69) is 20.7 Å². The minimum Gasteiger partial charge on any atom is -0.379 e. The molecule has 1 aliphatic heterocycles. The van der Waals surface area contributed by atoms with Crippen molar-refractivity contribution in [1.29, 1.82) is 0 Å². The molecular weight excluding hydrogens is 282 g/mol. The second-order valence-corrected chi connectivity index (χ2v) is 5.41. The first-order valence-electron chi connectivity index (χ1n) is 7.89. The Kier molecular flexibility index (Phi) is 7.18. The third-order valence-electron chi connectivity index (χ3n) is 3.54. The van der Waals surface area contributed by atoms with Gasteiger partial charge in [-0.1, -0.05) is 0 Å². The van der Waals surface area contributed by atoms with Crippen molar-refractivity contribution in [2.75, 3.05) is 40.0 Å². The fraction of sp³-hybridized carbons (Fsp3) is 0.733. The first-order valence-corrected chi connectivity index (χ1v) is 7.89. The molecule has 7 heteroatoms. The SMILES string of the molecule is CN=C(NCCCOC1CCOC1)NCCc1cnn(C)c1. The Morgan fingerprint density at radius 3 is 3.05 bits per heavy atom. The van der Waals surface area contributed by atoms with Gasteiger partial charge in [-0.05, 0) is 24.8 Å². The highest BCUT2D eigenvalue weighted by atomic mass is 16.5. The zero-order valence-corrected chi connectivity index (χ0v) is 13.5. The highest BCUT2D eigenvalue weighted by Crippen LogP contribution is 2.07. The molecule has 2 rings (SSSR count). The van der Waals surface area contributed by atoms with E-state index >= 15 is 0 Å². The molecule has 1 aliphatic rings.